The molecule has 0 spiro atoms. The average Bonchev–Trinajstić information content (AvgIpc) is 2.93. The number of rotatable bonds is 5. The number of nitrogens with zero attached hydrogens (tertiary/aromatic N) is 1. The van der Waals surface area contributed by atoms with E-state index in [4.69, 9.17) is 16.3 Å². The van der Waals surface area contributed by atoms with Crippen LogP contribution >= 0.6 is 27.5 Å². The van der Waals surface area contributed by atoms with Gasteiger partial charge in [-0.15, -0.1) is 0 Å². The van der Waals surface area contributed by atoms with Crippen molar-refractivity contribution >= 4 is 33.4 Å². The number of aromatic amines is 2. The van der Waals surface area contributed by atoms with Crippen LogP contribution in [0.2, 0.25) is 5.02 Å². The summed E-state index contributed by atoms with van der Waals surface area (Å²) in [6, 6.07) is 5.41. The third-order valence-electron chi connectivity index (χ3n) is 3.99. The number of amides is 1. The number of hydrogen-bond donors (Lipinski definition) is 2. The van der Waals surface area contributed by atoms with Crippen LogP contribution in [0, 0.1) is 0 Å². The predicted octanol–water partition coefficient (Wildman–Crippen LogP) is 2.86. The molecule has 24 heavy (non-hydrogen) atoms. The summed E-state index contributed by atoms with van der Waals surface area (Å²) < 4.78 is 6.50. The second-order valence-electron chi connectivity index (χ2n) is 5.63. The summed E-state index contributed by atoms with van der Waals surface area (Å²) in [6.45, 7) is 1.41. The standard InChI is InChI=1S/C16H17BrClN3O3/c17-10-3-4-14(12(18)8-10)24-7-1-2-15(22)21-6-5-13-11(9-21)16(23)20-19-13/h3-4,8H,1-2,5-7,9H2,(H2,19,20,23). The molecule has 3 rings (SSSR count). The zero-order chi connectivity index (χ0) is 17.1. The number of aromatic nitrogens is 2. The number of ether oxygens (including phenoxy) is 1. The molecule has 1 aromatic heterocycles. The highest BCUT2D eigenvalue weighted by Crippen LogP contribution is 2.27. The SMILES string of the molecule is O=C(CCCOc1ccc(Br)cc1Cl)N1CCc2[nH][nH]c(=O)c2C1. The fourth-order valence-electron chi connectivity index (χ4n) is 2.69. The van der Waals surface area contributed by atoms with Crippen LogP contribution < -0.4 is 10.3 Å². The van der Waals surface area contributed by atoms with Crippen molar-refractivity contribution in [3.63, 3.8) is 0 Å². The van der Waals surface area contributed by atoms with Gasteiger partial charge in [0.25, 0.3) is 5.56 Å². The minimum atomic E-state index is -0.143. The van der Waals surface area contributed by atoms with Gasteiger partial charge in [0, 0.05) is 29.6 Å². The molecule has 1 amide bonds. The van der Waals surface area contributed by atoms with E-state index in [9.17, 15) is 9.59 Å². The number of carbonyl (C=O) groups is 1. The summed E-state index contributed by atoms with van der Waals surface area (Å²) in [5, 5.41) is 5.95. The van der Waals surface area contributed by atoms with Crippen LogP contribution in [0.15, 0.2) is 27.5 Å². The largest absolute Gasteiger partial charge is 0.492 e. The number of halogens is 2. The van der Waals surface area contributed by atoms with Gasteiger partial charge in [0.15, 0.2) is 0 Å². The summed E-state index contributed by atoms with van der Waals surface area (Å²) in [7, 11) is 0. The van der Waals surface area contributed by atoms with Gasteiger partial charge >= 0.3 is 0 Å². The van der Waals surface area contributed by atoms with Crippen molar-refractivity contribution in [3.8, 4) is 5.75 Å². The van der Waals surface area contributed by atoms with Crippen molar-refractivity contribution in [1.82, 2.24) is 15.1 Å². The number of hydrogen-bond acceptors (Lipinski definition) is 3. The van der Waals surface area contributed by atoms with Gasteiger partial charge in [0.1, 0.15) is 5.75 Å². The van der Waals surface area contributed by atoms with E-state index in [-0.39, 0.29) is 11.5 Å². The Hall–Kier alpha value is -1.73. The molecule has 2 heterocycles. The van der Waals surface area contributed by atoms with Crippen LogP contribution in [-0.2, 0) is 17.8 Å². The molecule has 0 bridgehead atoms. The summed E-state index contributed by atoms with van der Waals surface area (Å²) in [4.78, 5) is 25.6. The second-order valence-corrected chi connectivity index (χ2v) is 6.95. The monoisotopic (exact) mass is 413 g/mol. The summed E-state index contributed by atoms with van der Waals surface area (Å²) in [5.74, 6) is 0.639. The van der Waals surface area contributed by atoms with E-state index in [1.807, 2.05) is 6.07 Å². The average molecular weight is 415 g/mol. The normalized spacial score (nSPS) is 13.7. The lowest BCUT2D eigenvalue weighted by molar-refractivity contribution is -0.132. The van der Waals surface area contributed by atoms with Gasteiger partial charge in [0.2, 0.25) is 5.91 Å². The Kier molecular flexibility index (Phi) is 5.30. The number of benzene rings is 1. The molecule has 8 heteroatoms. The van der Waals surface area contributed by atoms with Gasteiger partial charge < -0.3 is 14.7 Å². The van der Waals surface area contributed by atoms with Gasteiger partial charge in [-0.25, -0.2) is 0 Å². The zero-order valence-electron chi connectivity index (χ0n) is 12.9. The molecule has 6 nitrogen and oxygen atoms in total. The minimum Gasteiger partial charge on any atom is -0.492 e. The molecular formula is C16H17BrClN3O3. The van der Waals surface area contributed by atoms with Gasteiger partial charge in [-0.05, 0) is 24.6 Å². The first-order chi connectivity index (χ1) is 11.5. The maximum absolute atomic E-state index is 12.3. The van der Waals surface area contributed by atoms with E-state index in [2.05, 4.69) is 26.1 Å². The third-order valence-corrected chi connectivity index (χ3v) is 4.77. The Labute approximate surface area is 152 Å². The summed E-state index contributed by atoms with van der Waals surface area (Å²) >= 11 is 9.42. The molecule has 0 saturated heterocycles. The molecule has 2 aromatic rings. The summed E-state index contributed by atoms with van der Waals surface area (Å²) in [6.07, 6.45) is 1.65. The van der Waals surface area contributed by atoms with Crippen molar-refractivity contribution < 1.29 is 9.53 Å². The fraction of sp³-hybridized carbons (Fsp3) is 0.375. The Morgan fingerprint density at radius 1 is 1.38 bits per heavy atom. The Morgan fingerprint density at radius 2 is 2.21 bits per heavy atom. The maximum Gasteiger partial charge on any atom is 0.269 e. The molecule has 0 fully saturated rings. The van der Waals surface area contributed by atoms with Crippen molar-refractivity contribution in [2.45, 2.75) is 25.8 Å². The highest BCUT2D eigenvalue weighted by Gasteiger charge is 2.23. The third kappa shape index (κ3) is 3.84. The maximum atomic E-state index is 12.3. The number of nitrogens with one attached hydrogen (secondary N) is 2. The quantitative estimate of drug-likeness (QED) is 0.739. The minimum absolute atomic E-state index is 0.0340. The molecule has 1 aliphatic rings. The number of carbonyl (C=O) groups excluding carboxylic acids is 1. The highest BCUT2D eigenvalue weighted by atomic mass is 79.9. The van der Waals surface area contributed by atoms with E-state index in [0.29, 0.717) is 55.3 Å². The van der Waals surface area contributed by atoms with Gasteiger partial charge in [-0.3, -0.25) is 14.7 Å². The molecule has 128 valence electrons. The van der Waals surface area contributed by atoms with E-state index in [0.717, 1.165) is 10.2 Å². The molecule has 2 N–H and O–H groups in total. The number of fused-ring (bicyclic) bond motifs is 1. The van der Waals surface area contributed by atoms with E-state index in [1.165, 1.54) is 0 Å². The molecule has 0 unspecified atom stereocenters. The molecule has 0 saturated carbocycles. The first-order valence-corrected chi connectivity index (χ1v) is 8.85. The summed E-state index contributed by atoms with van der Waals surface area (Å²) in [5.41, 5.74) is 1.42. The van der Waals surface area contributed by atoms with E-state index >= 15 is 0 Å². The lowest BCUT2D eigenvalue weighted by Crippen LogP contribution is -2.37. The van der Waals surface area contributed by atoms with Crippen LogP contribution in [0.5, 0.6) is 5.75 Å². The molecule has 0 atom stereocenters. The molecule has 0 radical (unpaired) electrons. The first-order valence-electron chi connectivity index (χ1n) is 7.68. The van der Waals surface area contributed by atoms with E-state index in [1.54, 1.807) is 17.0 Å². The van der Waals surface area contributed by atoms with Crippen molar-refractivity contribution in [2.24, 2.45) is 0 Å². The number of H-pyrrole nitrogens is 2. The Balaban J connectivity index is 1.46. The lowest BCUT2D eigenvalue weighted by atomic mass is 10.1. The van der Waals surface area contributed by atoms with Crippen molar-refractivity contribution in [3.05, 3.63) is 49.3 Å². The molecule has 1 aliphatic heterocycles. The van der Waals surface area contributed by atoms with Crippen LogP contribution in [-0.4, -0.2) is 34.2 Å². The highest BCUT2D eigenvalue weighted by molar-refractivity contribution is 9.10. The smallest absolute Gasteiger partial charge is 0.269 e. The van der Waals surface area contributed by atoms with Crippen LogP contribution in [0.25, 0.3) is 0 Å². The van der Waals surface area contributed by atoms with Crippen LogP contribution in [0.3, 0.4) is 0 Å². The van der Waals surface area contributed by atoms with Gasteiger partial charge in [-0.1, -0.05) is 27.5 Å². The fourth-order valence-corrected chi connectivity index (χ4v) is 3.41. The van der Waals surface area contributed by atoms with Gasteiger partial charge in [0.05, 0.1) is 23.7 Å². The first kappa shape index (κ1) is 17.1. The van der Waals surface area contributed by atoms with Gasteiger partial charge in [-0.2, -0.15) is 0 Å². The molecule has 1 aromatic carbocycles. The zero-order valence-corrected chi connectivity index (χ0v) is 15.2. The second kappa shape index (κ2) is 7.44. The molecule has 0 aliphatic carbocycles. The Bertz CT molecular complexity index is 802. The van der Waals surface area contributed by atoms with E-state index < -0.39 is 0 Å². The predicted molar refractivity (Wildman–Crippen MR) is 94.4 cm³/mol. The van der Waals surface area contributed by atoms with Crippen LogP contribution in [0.1, 0.15) is 24.1 Å². The Morgan fingerprint density at radius 3 is 3.00 bits per heavy atom. The lowest BCUT2D eigenvalue weighted by Gasteiger charge is -2.26. The van der Waals surface area contributed by atoms with Crippen LogP contribution in [0.4, 0.5) is 0 Å². The topological polar surface area (TPSA) is 78.2 Å². The van der Waals surface area contributed by atoms with Crippen molar-refractivity contribution in [2.75, 3.05) is 13.2 Å². The molecular weight excluding hydrogens is 398 g/mol. The van der Waals surface area contributed by atoms with Crippen molar-refractivity contribution in [1.29, 1.82) is 0 Å².